The number of rotatable bonds is 3. The number of nitrogens with one attached hydrogen (secondary N) is 1. The second-order valence-electron chi connectivity index (χ2n) is 3.94. The minimum absolute atomic E-state index is 0.409. The van der Waals surface area contributed by atoms with Crippen LogP contribution in [0.5, 0.6) is 5.88 Å². The number of hydrogen-bond donors (Lipinski definition) is 1. The smallest absolute Gasteiger partial charge is 0.232 e. The predicted molar refractivity (Wildman–Crippen MR) is 76.4 cm³/mol. The van der Waals surface area contributed by atoms with Crippen molar-refractivity contribution in [1.29, 1.82) is 0 Å². The van der Waals surface area contributed by atoms with Gasteiger partial charge in [-0.25, -0.2) is 19.9 Å². The molecule has 0 unspecified atom stereocenters. The van der Waals surface area contributed by atoms with Crippen LogP contribution in [-0.4, -0.2) is 27.0 Å². The first-order valence-electron chi connectivity index (χ1n) is 5.80. The van der Waals surface area contributed by atoms with Gasteiger partial charge in [0, 0.05) is 10.7 Å². The summed E-state index contributed by atoms with van der Waals surface area (Å²) in [6.45, 7) is 0. The highest BCUT2D eigenvalue weighted by Crippen LogP contribution is 2.22. The molecule has 2 aromatic heterocycles. The molecule has 0 aliphatic carbocycles. The van der Waals surface area contributed by atoms with Gasteiger partial charge >= 0.3 is 0 Å². The molecule has 1 aromatic carbocycles. The lowest BCUT2D eigenvalue weighted by Gasteiger charge is -2.08. The van der Waals surface area contributed by atoms with Crippen LogP contribution in [0.1, 0.15) is 0 Å². The first kappa shape index (κ1) is 12.6. The number of methoxy groups -OCH3 is 1. The molecule has 3 rings (SSSR count). The van der Waals surface area contributed by atoms with E-state index in [9.17, 15) is 0 Å². The highest BCUT2D eigenvalue weighted by molar-refractivity contribution is 6.30. The Morgan fingerprint density at radius 2 is 1.90 bits per heavy atom. The summed E-state index contributed by atoms with van der Waals surface area (Å²) in [6, 6.07) is 7.28. The van der Waals surface area contributed by atoms with Crippen molar-refractivity contribution in [1.82, 2.24) is 19.9 Å². The quantitative estimate of drug-likeness (QED) is 0.798. The summed E-state index contributed by atoms with van der Waals surface area (Å²) in [5, 5.41) is 3.83. The molecule has 0 fully saturated rings. The van der Waals surface area contributed by atoms with Crippen LogP contribution in [0.2, 0.25) is 5.02 Å². The Labute approximate surface area is 119 Å². The van der Waals surface area contributed by atoms with E-state index in [1.54, 1.807) is 12.1 Å². The summed E-state index contributed by atoms with van der Waals surface area (Å²) in [7, 11) is 1.53. The van der Waals surface area contributed by atoms with Crippen molar-refractivity contribution in [3.05, 3.63) is 41.8 Å². The highest BCUT2D eigenvalue weighted by atomic mass is 35.5. The number of benzene rings is 1. The molecule has 0 aliphatic heterocycles. The van der Waals surface area contributed by atoms with Crippen LogP contribution in [0.15, 0.2) is 36.8 Å². The summed E-state index contributed by atoms with van der Waals surface area (Å²) in [5.41, 5.74) is 1.89. The zero-order valence-corrected chi connectivity index (χ0v) is 11.3. The maximum atomic E-state index is 5.86. The Hall–Kier alpha value is -2.47. The van der Waals surface area contributed by atoms with Crippen LogP contribution in [0.4, 0.5) is 11.5 Å². The number of hydrogen-bond acceptors (Lipinski definition) is 6. The van der Waals surface area contributed by atoms with E-state index < -0.39 is 0 Å². The summed E-state index contributed by atoms with van der Waals surface area (Å²) in [5.74, 6) is 0.968. The second-order valence-corrected chi connectivity index (χ2v) is 4.38. The number of anilines is 2. The molecule has 3 aromatic rings. The van der Waals surface area contributed by atoms with Gasteiger partial charge in [0.05, 0.1) is 13.3 Å². The molecule has 0 atom stereocenters. The molecule has 2 heterocycles. The zero-order chi connectivity index (χ0) is 13.9. The molecule has 1 N–H and O–H groups in total. The lowest BCUT2D eigenvalue weighted by molar-refractivity contribution is 0.397. The first-order chi connectivity index (χ1) is 9.76. The van der Waals surface area contributed by atoms with Crippen molar-refractivity contribution >= 4 is 34.3 Å². The largest absolute Gasteiger partial charge is 0.480 e. The number of aromatic nitrogens is 4. The van der Waals surface area contributed by atoms with Crippen molar-refractivity contribution in [3.8, 4) is 5.88 Å². The van der Waals surface area contributed by atoms with Gasteiger partial charge in [-0.05, 0) is 24.3 Å². The Morgan fingerprint density at radius 1 is 1.10 bits per heavy atom. The third-order valence-corrected chi connectivity index (χ3v) is 2.89. The van der Waals surface area contributed by atoms with Crippen molar-refractivity contribution in [2.45, 2.75) is 0 Å². The molecule has 7 heteroatoms. The summed E-state index contributed by atoms with van der Waals surface area (Å²) in [6.07, 6.45) is 2.95. The van der Waals surface area contributed by atoms with E-state index in [0.29, 0.717) is 27.9 Å². The molecule has 0 spiro atoms. The van der Waals surface area contributed by atoms with E-state index in [2.05, 4.69) is 25.3 Å². The molecule has 0 amide bonds. The molecule has 0 bridgehead atoms. The molecular formula is C13H10ClN5O. The fraction of sp³-hybridized carbons (Fsp3) is 0.0769. The highest BCUT2D eigenvalue weighted by Gasteiger charge is 2.08. The van der Waals surface area contributed by atoms with E-state index in [4.69, 9.17) is 16.3 Å². The van der Waals surface area contributed by atoms with Crippen molar-refractivity contribution in [2.24, 2.45) is 0 Å². The second kappa shape index (κ2) is 5.26. The lowest BCUT2D eigenvalue weighted by Crippen LogP contribution is -2.00. The molecule has 0 saturated heterocycles. The van der Waals surface area contributed by atoms with E-state index in [1.807, 2.05) is 12.1 Å². The molecule has 0 aliphatic rings. The Balaban J connectivity index is 2.04. The molecular weight excluding hydrogens is 278 g/mol. The van der Waals surface area contributed by atoms with Gasteiger partial charge in [0.25, 0.3) is 0 Å². The summed E-state index contributed by atoms with van der Waals surface area (Å²) < 4.78 is 5.07. The summed E-state index contributed by atoms with van der Waals surface area (Å²) in [4.78, 5) is 16.7. The number of fused-ring (bicyclic) bond motifs is 1. The van der Waals surface area contributed by atoms with Gasteiger partial charge in [-0.2, -0.15) is 0 Å². The Kier molecular flexibility index (Phi) is 3.30. The zero-order valence-electron chi connectivity index (χ0n) is 10.5. The van der Waals surface area contributed by atoms with E-state index in [0.717, 1.165) is 5.69 Å². The van der Waals surface area contributed by atoms with Crippen LogP contribution in [0.3, 0.4) is 0 Å². The standard InChI is InChI=1S/C13H10ClN5O/c1-20-10-6-15-12-11(19-10)13(17-7-16-12)18-9-4-2-8(14)3-5-9/h2-7H,1H3,(H,15,16,17,18). The molecule has 6 nitrogen and oxygen atoms in total. The van der Waals surface area contributed by atoms with Crippen molar-refractivity contribution in [3.63, 3.8) is 0 Å². The van der Waals surface area contributed by atoms with Gasteiger partial charge in [-0.1, -0.05) is 11.6 Å². The number of nitrogens with zero attached hydrogens (tertiary/aromatic N) is 4. The molecule has 20 heavy (non-hydrogen) atoms. The SMILES string of the molecule is COc1cnc2ncnc(Nc3ccc(Cl)cc3)c2n1. The van der Waals surface area contributed by atoms with Crippen LogP contribution < -0.4 is 10.1 Å². The number of halogens is 1. The third kappa shape index (κ3) is 2.46. The van der Waals surface area contributed by atoms with Gasteiger partial charge in [-0.15, -0.1) is 0 Å². The van der Waals surface area contributed by atoms with E-state index in [1.165, 1.54) is 19.6 Å². The van der Waals surface area contributed by atoms with Gasteiger partial charge in [-0.3, -0.25) is 0 Å². The third-order valence-electron chi connectivity index (χ3n) is 2.64. The first-order valence-corrected chi connectivity index (χ1v) is 6.18. The van der Waals surface area contributed by atoms with E-state index >= 15 is 0 Å². The molecule has 100 valence electrons. The average Bonchev–Trinajstić information content (AvgIpc) is 2.49. The lowest BCUT2D eigenvalue weighted by atomic mass is 10.3. The number of ether oxygens (including phenoxy) is 1. The van der Waals surface area contributed by atoms with Gasteiger partial charge < -0.3 is 10.1 Å². The topological polar surface area (TPSA) is 72.8 Å². The minimum atomic E-state index is 0.409. The van der Waals surface area contributed by atoms with Gasteiger partial charge in [0.15, 0.2) is 17.0 Å². The van der Waals surface area contributed by atoms with Gasteiger partial charge in [0.1, 0.15) is 6.33 Å². The van der Waals surface area contributed by atoms with Crippen LogP contribution in [-0.2, 0) is 0 Å². The molecule has 0 radical (unpaired) electrons. The monoisotopic (exact) mass is 287 g/mol. The van der Waals surface area contributed by atoms with E-state index in [-0.39, 0.29) is 0 Å². The van der Waals surface area contributed by atoms with Crippen LogP contribution >= 0.6 is 11.6 Å². The maximum Gasteiger partial charge on any atom is 0.232 e. The Bertz CT molecular complexity index is 747. The predicted octanol–water partition coefficient (Wildman–Crippen LogP) is 2.83. The fourth-order valence-electron chi connectivity index (χ4n) is 1.68. The Morgan fingerprint density at radius 3 is 2.65 bits per heavy atom. The molecule has 0 saturated carbocycles. The van der Waals surface area contributed by atoms with Crippen molar-refractivity contribution in [2.75, 3.05) is 12.4 Å². The summed E-state index contributed by atoms with van der Waals surface area (Å²) >= 11 is 5.86. The van der Waals surface area contributed by atoms with Gasteiger partial charge in [0.2, 0.25) is 5.88 Å². The maximum absolute atomic E-state index is 5.86. The van der Waals surface area contributed by atoms with Crippen molar-refractivity contribution < 1.29 is 4.74 Å². The van der Waals surface area contributed by atoms with Crippen LogP contribution in [0.25, 0.3) is 11.2 Å². The normalized spacial score (nSPS) is 10.5. The minimum Gasteiger partial charge on any atom is -0.480 e. The average molecular weight is 288 g/mol. The fourth-order valence-corrected chi connectivity index (χ4v) is 1.81. The van der Waals surface area contributed by atoms with Crippen LogP contribution in [0, 0.1) is 0 Å².